The van der Waals surface area contributed by atoms with E-state index in [1.54, 1.807) is 43.3 Å². The zero-order valence-electron chi connectivity index (χ0n) is 16.1. The second-order valence-electron chi connectivity index (χ2n) is 6.28. The molecule has 0 spiro atoms. The van der Waals surface area contributed by atoms with Gasteiger partial charge < -0.3 is 19.3 Å². The highest BCUT2D eigenvalue weighted by Crippen LogP contribution is 2.19. The summed E-state index contributed by atoms with van der Waals surface area (Å²) >= 11 is 0. The number of rotatable bonds is 10. The van der Waals surface area contributed by atoms with E-state index < -0.39 is 0 Å². The van der Waals surface area contributed by atoms with Crippen molar-refractivity contribution in [1.29, 1.82) is 0 Å². The van der Waals surface area contributed by atoms with Crippen molar-refractivity contribution in [3.8, 4) is 11.5 Å². The number of para-hydroxylation sites is 1. The fourth-order valence-corrected chi connectivity index (χ4v) is 2.57. The van der Waals surface area contributed by atoms with Crippen LogP contribution in [0, 0.1) is 12.7 Å². The number of aryl methyl sites for hydroxylation is 1. The number of aromatic nitrogens is 2. The van der Waals surface area contributed by atoms with Gasteiger partial charge in [0, 0.05) is 13.5 Å². The van der Waals surface area contributed by atoms with E-state index in [0.717, 1.165) is 12.8 Å². The molecule has 1 amide bonds. The third-order valence-electron chi connectivity index (χ3n) is 4.00. The van der Waals surface area contributed by atoms with Crippen LogP contribution in [0.2, 0.25) is 0 Å². The lowest BCUT2D eigenvalue weighted by Crippen LogP contribution is -2.25. The minimum absolute atomic E-state index is 0.113. The van der Waals surface area contributed by atoms with Crippen molar-refractivity contribution < 1.29 is 23.2 Å². The molecule has 0 saturated carbocycles. The molecule has 0 fully saturated rings. The fraction of sp³-hybridized carbons (Fsp3) is 0.286. The molecular weight excluding hydrogens is 377 g/mol. The number of hydrogen-bond donors (Lipinski definition) is 1. The Hall–Kier alpha value is -3.42. The maximum absolute atomic E-state index is 12.8. The summed E-state index contributed by atoms with van der Waals surface area (Å²) in [4.78, 5) is 16.5. The molecule has 0 bridgehead atoms. The molecule has 0 atom stereocenters. The van der Waals surface area contributed by atoms with Crippen LogP contribution in [0.25, 0.3) is 0 Å². The Balaban J connectivity index is 1.40. The molecule has 0 radical (unpaired) electrons. The summed E-state index contributed by atoms with van der Waals surface area (Å²) in [7, 11) is 0. The normalized spacial score (nSPS) is 10.6. The highest BCUT2D eigenvalue weighted by atomic mass is 19.1. The maximum atomic E-state index is 12.8. The van der Waals surface area contributed by atoms with Crippen molar-refractivity contribution in [3.63, 3.8) is 0 Å². The quantitative estimate of drug-likeness (QED) is 0.524. The second kappa shape index (κ2) is 10.2. The van der Waals surface area contributed by atoms with Gasteiger partial charge in [-0.2, -0.15) is 4.98 Å². The number of nitrogens with one attached hydrogen (secondary N) is 1. The number of halogens is 1. The van der Waals surface area contributed by atoms with Crippen LogP contribution in [-0.2, 0) is 6.61 Å². The van der Waals surface area contributed by atoms with Crippen LogP contribution in [-0.4, -0.2) is 29.2 Å². The van der Waals surface area contributed by atoms with E-state index in [0.29, 0.717) is 41.9 Å². The predicted octanol–water partition coefficient (Wildman–Crippen LogP) is 3.69. The van der Waals surface area contributed by atoms with E-state index in [4.69, 9.17) is 14.0 Å². The van der Waals surface area contributed by atoms with Crippen LogP contribution >= 0.6 is 0 Å². The van der Waals surface area contributed by atoms with Crippen molar-refractivity contribution in [2.75, 3.05) is 13.2 Å². The number of carbonyl (C=O) groups excluding carboxylic acids is 1. The van der Waals surface area contributed by atoms with Gasteiger partial charge >= 0.3 is 0 Å². The van der Waals surface area contributed by atoms with Gasteiger partial charge in [0.25, 0.3) is 5.91 Å². The fourth-order valence-electron chi connectivity index (χ4n) is 2.57. The van der Waals surface area contributed by atoms with Gasteiger partial charge in [-0.05, 0) is 49.2 Å². The number of benzene rings is 2. The zero-order chi connectivity index (χ0) is 20.5. The monoisotopic (exact) mass is 399 g/mol. The molecule has 0 aliphatic rings. The van der Waals surface area contributed by atoms with Crippen LogP contribution in [0.1, 0.15) is 34.9 Å². The number of hydrogen-bond acceptors (Lipinski definition) is 6. The Bertz CT molecular complexity index is 928. The number of amides is 1. The van der Waals surface area contributed by atoms with Crippen LogP contribution in [0.3, 0.4) is 0 Å². The average Bonchev–Trinajstić information content (AvgIpc) is 3.15. The molecule has 0 aliphatic heterocycles. The molecule has 1 aromatic heterocycles. The van der Waals surface area contributed by atoms with Crippen molar-refractivity contribution in [2.24, 2.45) is 0 Å². The van der Waals surface area contributed by atoms with E-state index in [2.05, 4.69) is 15.5 Å². The lowest BCUT2D eigenvalue weighted by molar-refractivity contribution is 0.0947. The Kier molecular flexibility index (Phi) is 7.16. The first kappa shape index (κ1) is 20.3. The molecule has 8 heteroatoms. The Morgan fingerprint density at radius 1 is 1.10 bits per heavy atom. The van der Waals surface area contributed by atoms with Gasteiger partial charge in [0.05, 0.1) is 12.2 Å². The SMILES string of the molecule is Cc1nc(COc2ccccc2C(=O)NCCCCOc2ccc(F)cc2)no1. The third-order valence-corrected chi connectivity index (χ3v) is 4.00. The first-order chi connectivity index (χ1) is 14.1. The summed E-state index contributed by atoms with van der Waals surface area (Å²) in [6, 6.07) is 12.9. The number of nitrogens with zero attached hydrogens (tertiary/aromatic N) is 2. The summed E-state index contributed by atoms with van der Waals surface area (Å²) in [5, 5.41) is 6.64. The first-order valence-electron chi connectivity index (χ1n) is 9.29. The molecule has 0 aliphatic carbocycles. The van der Waals surface area contributed by atoms with Crippen molar-refractivity contribution in [1.82, 2.24) is 15.5 Å². The summed E-state index contributed by atoms with van der Waals surface area (Å²) in [5.74, 6) is 1.43. The van der Waals surface area contributed by atoms with Crippen LogP contribution in [0.15, 0.2) is 53.1 Å². The Labute approximate surface area is 167 Å². The maximum Gasteiger partial charge on any atom is 0.255 e. The molecule has 1 N–H and O–H groups in total. The Morgan fingerprint density at radius 3 is 2.66 bits per heavy atom. The Morgan fingerprint density at radius 2 is 1.90 bits per heavy atom. The van der Waals surface area contributed by atoms with Gasteiger partial charge in [0.2, 0.25) is 11.7 Å². The molecule has 29 heavy (non-hydrogen) atoms. The number of unbranched alkanes of at least 4 members (excludes halogenated alkanes) is 1. The number of carbonyl (C=O) groups is 1. The molecular formula is C21H22FN3O4. The van der Waals surface area contributed by atoms with E-state index in [1.165, 1.54) is 12.1 Å². The molecule has 2 aromatic carbocycles. The molecule has 152 valence electrons. The summed E-state index contributed by atoms with van der Waals surface area (Å²) in [6.07, 6.45) is 1.51. The standard InChI is InChI=1S/C21H22FN3O4/c1-15-24-20(25-29-15)14-28-19-7-3-2-6-18(19)21(26)23-12-4-5-13-27-17-10-8-16(22)9-11-17/h2-3,6-11H,4-5,12-14H2,1H3,(H,23,26). The average molecular weight is 399 g/mol. The minimum atomic E-state index is -0.295. The summed E-state index contributed by atoms with van der Waals surface area (Å²) < 4.78 is 28.9. The van der Waals surface area contributed by atoms with Crippen molar-refractivity contribution >= 4 is 5.91 Å². The van der Waals surface area contributed by atoms with Gasteiger partial charge in [-0.3, -0.25) is 4.79 Å². The molecule has 0 unspecified atom stereocenters. The number of ether oxygens (including phenoxy) is 2. The van der Waals surface area contributed by atoms with E-state index >= 15 is 0 Å². The van der Waals surface area contributed by atoms with Gasteiger partial charge in [0.15, 0.2) is 6.61 Å². The lowest BCUT2D eigenvalue weighted by Gasteiger charge is -2.11. The molecule has 7 nitrogen and oxygen atoms in total. The topological polar surface area (TPSA) is 86.5 Å². The predicted molar refractivity (Wildman–Crippen MR) is 103 cm³/mol. The van der Waals surface area contributed by atoms with E-state index in [1.807, 2.05) is 0 Å². The van der Waals surface area contributed by atoms with Gasteiger partial charge in [-0.15, -0.1) is 0 Å². The van der Waals surface area contributed by atoms with Gasteiger partial charge in [-0.25, -0.2) is 4.39 Å². The second-order valence-corrected chi connectivity index (χ2v) is 6.28. The summed E-state index contributed by atoms with van der Waals surface area (Å²) in [5.41, 5.74) is 0.440. The van der Waals surface area contributed by atoms with Crippen LogP contribution in [0.5, 0.6) is 11.5 Å². The highest BCUT2D eigenvalue weighted by Gasteiger charge is 2.13. The van der Waals surface area contributed by atoms with Crippen LogP contribution in [0.4, 0.5) is 4.39 Å². The molecule has 3 rings (SSSR count). The highest BCUT2D eigenvalue weighted by molar-refractivity contribution is 5.96. The minimum Gasteiger partial charge on any atom is -0.494 e. The van der Waals surface area contributed by atoms with Crippen LogP contribution < -0.4 is 14.8 Å². The summed E-state index contributed by atoms with van der Waals surface area (Å²) in [6.45, 7) is 2.81. The molecule has 3 aromatic rings. The van der Waals surface area contributed by atoms with E-state index in [-0.39, 0.29) is 18.3 Å². The molecule has 0 saturated heterocycles. The molecule has 1 heterocycles. The smallest absolute Gasteiger partial charge is 0.255 e. The first-order valence-corrected chi connectivity index (χ1v) is 9.29. The van der Waals surface area contributed by atoms with E-state index in [9.17, 15) is 9.18 Å². The third kappa shape index (κ3) is 6.31. The van der Waals surface area contributed by atoms with Gasteiger partial charge in [-0.1, -0.05) is 17.3 Å². The van der Waals surface area contributed by atoms with Crippen molar-refractivity contribution in [2.45, 2.75) is 26.4 Å². The zero-order valence-corrected chi connectivity index (χ0v) is 16.1. The largest absolute Gasteiger partial charge is 0.494 e. The lowest BCUT2D eigenvalue weighted by atomic mass is 10.2. The van der Waals surface area contributed by atoms with Crippen molar-refractivity contribution in [3.05, 3.63) is 71.6 Å². The van der Waals surface area contributed by atoms with Gasteiger partial charge in [0.1, 0.15) is 17.3 Å².